The van der Waals surface area contributed by atoms with Crippen LogP contribution in [0.15, 0.2) is 63.8 Å². The Labute approximate surface area is 169 Å². The van der Waals surface area contributed by atoms with Gasteiger partial charge in [0.2, 0.25) is 11.7 Å². The number of carbonyl (C=O) groups is 1. The van der Waals surface area contributed by atoms with E-state index in [2.05, 4.69) is 0 Å². The molecular formula is C22H23NO6. The van der Waals surface area contributed by atoms with E-state index >= 15 is 0 Å². The van der Waals surface area contributed by atoms with E-state index in [9.17, 15) is 4.79 Å². The second-order valence-electron chi connectivity index (χ2n) is 6.15. The molecule has 0 aliphatic rings. The summed E-state index contributed by atoms with van der Waals surface area (Å²) >= 11 is 0. The van der Waals surface area contributed by atoms with Crippen molar-refractivity contribution in [3.63, 3.8) is 0 Å². The molecular weight excluding hydrogens is 374 g/mol. The number of furan rings is 2. The van der Waals surface area contributed by atoms with Crippen LogP contribution in [0.1, 0.15) is 17.1 Å². The summed E-state index contributed by atoms with van der Waals surface area (Å²) in [5.41, 5.74) is 0.740. The molecule has 7 nitrogen and oxygen atoms in total. The standard InChI is InChI=1S/C22H23NO6/c1-25-19-12-16(13-20(26-2)22(19)27-3)8-9-21(24)23(14-17-6-4-10-28-17)15-18-7-5-11-29-18/h4-13H,14-15H2,1-3H3/b9-8+. The van der Waals surface area contributed by atoms with Gasteiger partial charge in [0.15, 0.2) is 11.5 Å². The third-order valence-electron chi connectivity index (χ3n) is 4.27. The molecule has 0 saturated carbocycles. The van der Waals surface area contributed by atoms with Crippen molar-refractivity contribution in [2.45, 2.75) is 13.1 Å². The molecule has 0 spiro atoms. The molecule has 0 aliphatic carbocycles. The molecule has 0 saturated heterocycles. The number of hydrogen-bond donors (Lipinski definition) is 0. The summed E-state index contributed by atoms with van der Waals surface area (Å²) in [6, 6.07) is 10.8. The monoisotopic (exact) mass is 397 g/mol. The van der Waals surface area contributed by atoms with Crippen LogP contribution in [-0.4, -0.2) is 32.1 Å². The Bertz CT molecular complexity index is 883. The molecule has 0 atom stereocenters. The predicted octanol–water partition coefficient (Wildman–Crippen LogP) is 4.14. The van der Waals surface area contributed by atoms with E-state index in [1.807, 2.05) is 12.1 Å². The van der Waals surface area contributed by atoms with E-state index in [1.54, 1.807) is 69.1 Å². The highest BCUT2D eigenvalue weighted by atomic mass is 16.5. The van der Waals surface area contributed by atoms with Crippen LogP contribution in [0, 0.1) is 0 Å². The van der Waals surface area contributed by atoms with E-state index < -0.39 is 0 Å². The van der Waals surface area contributed by atoms with E-state index in [4.69, 9.17) is 23.0 Å². The zero-order chi connectivity index (χ0) is 20.6. The van der Waals surface area contributed by atoms with Crippen molar-refractivity contribution in [2.75, 3.05) is 21.3 Å². The van der Waals surface area contributed by atoms with Gasteiger partial charge in [-0.25, -0.2) is 0 Å². The quantitative estimate of drug-likeness (QED) is 0.505. The number of hydrogen-bond acceptors (Lipinski definition) is 6. The molecule has 152 valence electrons. The first-order valence-corrected chi connectivity index (χ1v) is 8.96. The lowest BCUT2D eigenvalue weighted by atomic mass is 10.1. The third kappa shape index (κ3) is 5.01. The van der Waals surface area contributed by atoms with Gasteiger partial charge < -0.3 is 27.9 Å². The first-order chi connectivity index (χ1) is 14.1. The normalized spacial score (nSPS) is 10.9. The first kappa shape index (κ1) is 20.1. The van der Waals surface area contributed by atoms with Crippen LogP contribution in [0.5, 0.6) is 17.2 Å². The fourth-order valence-corrected chi connectivity index (χ4v) is 2.86. The van der Waals surface area contributed by atoms with E-state index in [1.165, 1.54) is 6.08 Å². The van der Waals surface area contributed by atoms with Crippen molar-refractivity contribution in [3.05, 3.63) is 72.1 Å². The highest BCUT2D eigenvalue weighted by Gasteiger charge is 2.16. The molecule has 2 aromatic heterocycles. The first-order valence-electron chi connectivity index (χ1n) is 8.96. The molecule has 7 heteroatoms. The van der Waals surface area contributed by atoms with Crippen molar-refractivity contribution in [1.82, 2.24) is 4.90 Å². The Hall–Kier alpha value is -3.61. The number of methoxy groups -OCH3 is 3. The fourth-order valence-electron chi connectivity index (χ4n) is 2.86. The molecule has 1 aromatic carbocycles. The Morgan fingerprint density at radius 2 is 1.48 bits per heavy atom. The Balaban J connectivity index is 1.81. The SMILES string of the molecule is COc1cc(/C=C/C(=O)N(Cc2ccco2)Cc2ccco2)cc(OC)c1OC. The van der Waals surface area contributed by atoms with Crippen LogP contribution in [0.25, 0.3) is 6.08 Å². The Morgan fingerprint density at radius 1 is 0.931 bits per heavy atom. The van der Waals surface area contributed by atoms with Crippen molar-refractivity contribution < 1.29 is 27.8 Å². The van der Waals surface area contributed by atoms with E-state index in [0.29, 0.717) is 41.9 Å². The van der Waals surface area contributed by atoms with Crippen molar-refractivity contribution in [1.29, 1.82) is 0 Å². The molecule has 1 amide bonds. The topological polar surface area (TPSA) is 74.3 Å². The Morgan fingerprint density at radius 3 is 1.90 bits per heavy atom. The van der Waals surface area contributed by atoms with E-state index in [0.717, 1.165) is 5.56 Å². The highest BCUT2D eigenvalue weighted by molar-refractivity contribution is 5.92. The fraction of sp³-hybridized carbons (Fsp3) is 0.227. The molecule has 29 heavy (non-hydrogen) atoms. The Kier molecular flexibility index (Phi) is 6.63. The smallest absolute Gasteiger partial charge is 0.247 e. The van der Waals surface area contributed by atoms with E-state index in [-0.39, 0.29) is 5.91 Å². The van der Waals surface area contributed by atoms with Crippen LogP contribution in [0.4, 0.5) is 0 Å². The zero-order valence-corrected chi connectivity index (χ0v) is 16.6. The molecule has 2 heterocycles. The number of ether oxygens (including phenoxy) is 3. The molecule has 0 unspecified atom stereocenters. The van der Waals surface area contributed by atoms with Crippen LogP contribution >= 0.6 is 0 Å². The minimum absolute atomic E-state index is 0.188. The lowest BCUT2D eigenvalue weighted by molar-refractivity contribution is -0.127. The third-order valence-corrected chi connectivity index (χ3v) is 4.27. The maximum Gasteiger partial charge on any atom is 0.247 e. The molecule has 0 aliphatic heterocycles. The summed E-state index contributed by atoms with van der Waals surface area (Å²) in [6.07, 6.45) is 6.35. The summed E-state index contributed by atoms with van der Waals surface area (Å²) in [5, 5.41) is 0. The lowest BCUT2D eigenvalue weighted by Gasteiger charge is -2.19. The molecule has 0 N–H and O–H groups in total. The maximum atomic E-state index is 12.9. The number of benzene rings is 1. The molecule has 0 fully saturated rings. The lowest BCUT2D eigenvalue weighted by Crippen LogP contribution is -2.28. The van der Waals surface area contributed by atoms with Crippen molar-refractivity contribution >= 4 is 12.0 Å². The van der Waals surface area contributed by atoms with Crippen LogP contribution < -0.4 is 14.2 Å². The maximum absolute atomic E-state index is 12.9. The summed E-state index contributed by atoms with van der Waals surface area (Å²) in [7, 11) is 4.63. The largest absolute Gasteiger partial charge is 0.493 e. The minimum atomic E-state index is -0.188. The molecule has 0 bridgehead atoms. The van der Waals surface area contributed by atoms with Crippen LogP contribution in [0.2, 0.25) is 0 Å². The van der Waals surface area contributed by atoms with Crippen molar-refractivity contribution in [2.24, 2.45) is 0 Å². The molecule has 0 radical (unpaired) electrons. The van der Waals surface area contributed by atoms with Crippen LogP contribution in [0.3, 0.4) is 0 Å². The summed E-state index contributed by atoms with van der Waals surface area (Å²) in [6.45, 7) is 0.651. The molecule has 3 aromatic rings. The number of rotatable bonds is 9. The number of amides is 1. The van der Waals surface area contributed by atoms with Gasteiger partial charge in [-0.15, -0.1) is 0 Å². The average Bonchev–Trinajstić information content (AvgIpc) is 3.44. The van der Waals surface area contributed by atoms with Crippen LogP contribution in [-0.2, 0) is 17.9 Å². The average molecular weight is 397 g/mol. The number of carbonyl (C=O) groups excluding carboxylic acids is 1. The van der Waals surface area contributed by atoms with Gasteiger partial charge in [-0.2, -0.15) is 0 Å². The predicted molar refractivity (Wildman–Crippen MR) is 107 cm³/mol. The summed E-state index contributed by atoms with van der Waals surface area (Å²) < 4.78 is 26.8. The van der Waals surface area contributed by atoms with Gasteiger partial charge in [0.05, 0.1) is 46.9 Å². The second kappa shape index (κ2) is 9.54. The summed E-state index contributed by atoms with van der Waals surface area (Å²) in [4.78, 5) is 14.5. The highest BCUT2D eigenvalue weighted by Crippen LogP contribution is 2.38. The number of nitrogens with zero attached hydrogens (tertiary/aromatic N) is 1. The minimum Gasteiger partial charge on any atom is -0.493 e. The summed E-state index contributed by atoms with van der Waals surface area (Å²) in [5.74, 6) is 2.71. The second-order valence-corrected chi connectivity index (χ2v) is 6.15. The van der Waals surface area contributed by atoms with Gasteiger partial charge in [0.1, 0.15) is 11.5 Å². The zero-order valence-electron chi connectivity index (χ0n) is 16.6. The van der Waals surface area contributed by atoms with Crippen molar-refractivity contribution in [3.8, 4) is 17.2 Å². The van der Waals surface area contributed by atoms with Gasteiger partial charge in [-0.3, -0.25) is 4.79 Å². The van der Waals surface area contributed by atoms with Gasteiger partial charge in [-0.1, -0.05) is 0 Å². The van der Waals surface area contributed by atoms with Gasteiger partial charge in [0, 0.05) is 6.08 Å². The van der Waals surface area contributed by atoms with Gasteiger partial charge in [0.25, 0.3) is 0 Å². The van der Waals surface area contributed by atoms with Gasteiger partial charge >= 0.3 is 0 Å². The van der Waals surface area contributed by atoms with Gasteiger partial charge in [-0.05, 0) is 48.0 Å². The molecule has 3 rings (SSSR count).